The molecule has 0 saturated carbocycles. The fraction of sp³-hybridized carbons (Fsp3) is 1.00. The monoisotopic (exact) mass is 203 g/mol. The lowest BCUT2D eigenvalue weighted by molar-refractivity contribution is 0.0756. The average molecular weight is 203 g/mol. The Morgan fingerprint density at radius 1 is 1.29 bits per heavy atom. The van der Waals surface area contributed by atoms with Crippen molar-refractivity contribution in [1.29, 1.82) is 0 Å². The molecule has 0 aromatic heterocycles. The summed E-state index contributed by atoms with van der Waals surface area (Å²) in [4.78, 5) is 0. The average Bonchev–Trinajstić information content (AvgIpc) is 2.22. The number of rotatable bonds is 9. The van der Waals surface area contributed by atoms with Gasteiger partial charge >= 0.3 is 0 Å². The van der Waals surface area contributed by atoms with Crippen molar-refractivity contribution in [2.24, 2.45) is 0 Å². The fourth-order valence-electron chi connectivity index (χ4n) is 1.44. The molecular weight excluding hydrogens is 178 g/mol. The van der Waals surface area contributed by atoms with Crippen LogP contribution in [-0.2, 0) is 9.47 Å². The number of hydrogen-bond donors (Lipinski definition) is 1. The third-order valence-corrected chi connectivity index (χ3v) is 2.46. The Morgan fingerprint density at radius 3 is 2.50 bits per heavy atom. The van der Waals surface area contributed by atoms with Gasteiger partial charge in [-0.15, -0.1) is 0 Å². The Hall–Kier alpha value is -0.120. The molecule has 0 amide bonds. The first kappa shape index (κ1) is 13.9. The quantitative estimate of drug-likeness (QED) is 0.580. The van der Waals surface area contributed by atoms with Gasteiger partial charge in [-0.3, -0.25) is 0 Å². The topological polar surface area (TPSA) is 30.5 Å². The second-order valence-electron chi connectivity index (χ2n) is 3.64. The molecule has 0 rings (SSSR count). The van der Waals surface area contributed by atoms with Crippen LogP contribution in [0.2, 0.25) is 0 Å². The molecule has 14 heavy (non-hydrogen) atoms. The van der Waals surface area contributed by atoms with Gasteiger partial charge in [0.05, 0.1) is 6.10 Å². The second-order valence-corrected chi connectivity index (χ2v) is 3.64. The van der Waals surface area contributed by atoms with Crippen LogP contribution in [0.15, 0.2) is 0 Å². The van der Waals surface area contributed by atoms with Crippen molar-refractivity contribution in [2.75, 3.05) is 27.4 Å². The zero-order chi connectivity index (χ0) is 10.8. The first-order valence-corrected chi connectivity index (χ1v) is 5.51. The number of nitrogens with one attached hydrogen (secondary N) is 1. The summed E-state index contributed by atoms with van der Waals surface area (Å²) in [6.07, 6.45) is 3.64. The molecule has 2 atom stereocenters. The van der Waals surface area contributed by atoms with Crippen LogP contribution in [0.4, 0.5) is 0 Å². The Bertz CT molecular complexity index is 120. The van der Waals surface area contributed by atoms with E-state index in [-0.39, 0.29) is 6.10 Å². The van der Waals surface area contributed by atoms with Gasteiger partial charge < -0.3 is 14.8 Å². The lowest BCUT2D eigenvalue weighted by atomic mass is 10.1. The molecule has 0 aromatic carbocycles. The molecule has 3 heteroatoms. The van der Waals surface area contributed by atoms with Gasteiger partial charge in [-0.25, -0.2) is 0 Å². The maximum Gasteiger partial charge on any atom is 0.0696 e. The van der Waals surface area contributed by atoms with Crippen molar-refractivity contribution in [2.45, 2.75) is 45.3 Å². The predicted octanol–water partition coefficient (Wildman–Crippen LogP) is 1.82. The van der Waals surface area contributed by atoms with Crippen molar-refractivity contribution in [3.63, 3.8) is 0 Å². The second kappa shape index (κ2) is 9.44. The van der Waals surface area contributed by atoms with E-state index in [1.165, 1.54) is 0 Å². The maximum absolute atomic E-state index is 5.34. The fourth-order valence-corrected chi connectivity index (χ4v) is 1.44. The van der Waals surface area contributed by atoms with Crippen LogP contribution >= 0.6 is 0 Å². The summed E-state index contributed by atoms with van der Waals surface area (Å²) in [5.41, 5.74) is 0. The molecule has 3 nitrogen and oxygen atoms in total. The smallest absolute Gasteiger partial charge is 0.0696 e. The van der Waals surface area contributed by atoms with E-state index in [9.17, 15) is 0 Å². The van der Waals surface area contributed by atoms with E-state index in [0.717, 1.165) is 32.4 Å². The predicted molar refractivity (Wildman–Crippen MR) is 59.7 cm³/mol. The van der Waals surface area contributed by atoms with Crippen LogP contribution in [0.25, 0.3) is 0 Å². The Labute approximate surface area is 88.2 Å². The van der Waals surface area contributed by atoms with E-state index in [2.05, 4.69) is 19.2 Å². The van der Waals surface area contributed by atoms with Crippen LogP contribution in [0.5, 0.6) is 0 Å². The molecule has 0 spiro atoms. The molecule has 0 aliphatic carbocycles. The van der Waals surface area contributed by atoms with Gasteiger partial charge in [0.1, 0.15) is 0 Å². The van der Waals surface area contributed by atoms with E-state index in [1.54, 1.807) is 14.2 Å². The molecule has 0 aliphatic heterocycles. The van der Waals surface area contributed by atoms with E-state index in [0.29, 0.717) is 6.04 Å². The molecule has 0 aromatic rings. The molecule has 0 radical (unpaired) electrons. The zero-order valence-electron chi connectivity index (χ0n) is 10.0. The zero-order valence-corrected chi connectivity index (χ0v) is 10.0. The molecule has 86 valence electrons. The highest BCUT2D eigenvalue weighted by atomic mass is 16.5. The van der Waals surface area contributed by atoms with Gasteiger partial charge in [0.25, 0.3) is 0 Å². The number of hydrogen-bond acceptors (Lipinski definition) is 3. The summed E-state index contributed by atoms with van der Waals surface area (Å²) >= 11 is 0. The van der Waals surface area contributed by atoms with E-state index in [4.69, 9.17) is 9.47 Å². The van der Waals surface area contributed by atoms with E-state index >= 15 is 0 Å². The van der Waals surface area contributed by atoms with Gasteiger partial charge in [-0.2, -0.15) is 0 Å². The Morgan fingerprint density at radius 2 is 2.00 bits per heavy atom. The third kappa shape index (κ3) is 6.35. The summed E-state index contributed by atoms with van der Waals surface area (Å²) in [5.74, 6) is 0. The van der Waals surface area contributed by atoms with Gasteiger partial charge in [-0.05, 0) is 32.7 Å². The summed E-state index contributed by atoms with van der Waals surface area (Å²) < 4.78 is 10.4. The lowest BCUT2D eigenvalue weighted by Crippen LogP contribution is -2.39. The molecule has 1 N–H and O–H groups in total. The Kier molecular flexibility index (Phi) is 9.35. The van der Waals surface area contributed by atoms with Crippen LogP contribution in [0.3, 0.4) is 0 Å². The molecule has 2 unspecified atom stereocenters. The first-order valence-electron chi connectivity index (χ1n) is 5.51. The Balaban J connectivity index is 3.72. The SMILES string of the molecule is CCCNC(CCCOC)C(C)OC. The van der Waals surface area contributed by atoms with Crippen molar-refractivity contribution in [3.8, 4) is 0 Å². The number of ether oxygens (including phenoxy) is 2. The van der Waals surface area contributed by atoms with Crippen LogP contribution < -0.4 is 5.32 Å². The van der Waals surface area contributed by atoms with Crippen molar-refractivity contribution in [1.82, 2.24) is 5.32 Å². The maximum atomic E-state index is 5.34. The van der Waals surface area contributed by atoms with Crippen molar-refractivity contribution < 1.29 is 9.47 Å². The standard InChI is InChI=1S/C11H25NO2/c1-5-8-12-11(10(2)14-4)7-6-9-13-3/h10-12H,5-9H2,1-4H3. The normalized spacial score (nSPS) is 15.4. The van der Waals surface area contributed by atoms with E-state index in [1.807, 2.05) is 0 Å². The van der Waals surface area contributed by atoms with E-state index < -0.39 is 0 Å². The molecule has 0 fully saturated rings. The molecule has 0 saturated heterocycles. The van der Waals surface area contributed by atoms with Gasteiger partial charge in [0.15, 0.2) is 0 Å². The largest absolute Gasteiger partial charge is 0.385 e. The third-order valence-electron chi connectivity index (χ3n) is 2.46. The summed E-state index contributed by atoms with van der Waals surface area (Å²) in [6, 6.07) is 0.454. The highest BCUT2D eigenvalue weighted by molar-refractivity contribution is 4.73. The number of methoxy groups -OCH3 is 2. The minimum absolute atomic E-state index is 0.276. The summed E-state index contributed by atoms with van der Waals surface area (Å²) in [7, 11) is 3.51. The molecular formula is C11H25NO2. The van der Waals surface area contributed by atoms with Gasteiger partial charge in [0, 0.05) is 26.9 Å². The summed E-state index contributed by atoms with van der Waals surface area (Å²) in [6.45, 7) is 6.18. The lowest BCUT2D eigenvalue weighted by Gasteiger charge is -2.24. The highest BCUT2D eigenvalue weighted by Crippen LogP contribution is 2.05. The molecule has 0 bridgehead atoms. The van der Waals surface area contributed by atoms with Gasteiger partial charge in [0.2, 0.25) is 0 Å². The minimum Gasteiger partial charge on any atom is -0.385 e. The first-order chi connectivity index (χ1) is 6.76. The summed E-state index contributed by atoms with van der Waals surface area (Å²) in [5, 5.41) is 3.50. The molecule has 0 aliphatic rings. The molecule has 0 heterocycles. The van der Waals surface area contributed by atoms with Crippen LogP contribution in [0.1, 0.15) is 33.1 Å². The van der Waals surface area contributed by atoms with Crippen molar-refractivity contribution >= 4 is 0 Å². The highest BCUT2D eigenvalue weighted by Gasteiger charge is 2.14. The van der Waals surface area contributed by atoms with Crippen LogP contribution in [-0.4, -0.2) is 39.5 Å². The van der Waals surface area contributed by atoms with Gasteiger partial charge in [-0.1, -0.05) is 6.92 Å². The van der Waals surface area contributed by atoms with Crippen molar-refractivity contribution in [3.05, 3.63) is 0 Å². The van der Waals surface area contributed by atoms with Crippen LogP contribution in [0, 0.1) is 0 Å². The minimum atomic E-state index is 0.276.